The van der Waals surface area contributed by atoms with Crippen molar-refractivity contribution in [2.75, 3.05) is 39.3 Å². The van der Waals surface area contributed by atoms with Crippen LogP contribution < -0.4 is 5.32 Å². The molecule has 0 spiro atoms. The lowest BCUT2D eigenvalue weighted by atomic mass is 10.1. The Kier molecular flexibility index (Phi) is 6.32. The van der Waals surface area contributed by atoms with Crippen LogP contribution in [-0.2, 0) is 0 Å². The summed E-state index contributed by atoms with van der Waals surface area (Å²) in [4.78, 5) is 5.17. The molecule has 3 heteroatoms. The van der Waals surface area contributed by atoms with Gasteiger partial charge in [-0.25, -0.2) is 0 Å². The molecule has 1 saturated heterocycles. The normalized spacial score (nSPS) is 21.6. The van der Waals surface area contributed by atoms with Crippen LogP contribution in [0.2, 0.25) is 0 Å². The van der Waals surface area contributed by atoms with Gasteiger partial charge in [-0.3, -0.25) is 4.90 Å². The molecule has 16 heavy (non-hydrogen) atoms. The Balaban J connectivity index is 2.15. The Bertz CT molecular complexity index is 174. The van der Waals surface area contributed by atoms with Gasteiger partial charge in [-0.15, -0.1) is 0 Å². The predicted octanol–water partition coefficient (Wildman–Crippen LogP) is 1.40. The molecule has 0 amide bonds. The Labute approximate surface area is 101 Å². The van der Waals surface area contributed by atoms with Crippen LogP contribution in [0, 0.1) is 0 Å². The minimum absolute atomic E-state index is 0.615. The highest BCUT2D eigenvalue weighted by Crippen LogP contribution is 2.08. The number of nitrogens with one attached hydrogen (secondary N) is 1. The number of hydrogen-bond donors (Lipinski definition) is 1. The first-order valence-corrected chi connectivity index (χ1v) is 6.83. The minimum atomic E-state index is 0.615. The molecule has 3 nitrogen and oxygen atoms in total. The molecule has 0 radical (unpaired) electrons. The van der Waals surface area contributed by atoms with Crippen molar-refractivity contribution in [3.63, 3.8) is 0 Å². The Morgan fingerprint density at radius 1 is 1.06 bits per heavy atom. The third kappa shape index (κ3) is 4.81. The maximum absolute atomic E-state index is 3.50. The smallest absolute Gasteiger partial charge is 0.0113 e. The van der Waals surface area contributed by atoms with Crippen molar-refractivity contribution < 1.29 is 0 Å². The monoisotopic (exact) mass is 227 g/mol. The molecule has 1 heterocycles. The first-order valence-electron chi connectivity index (χ1n) is 6.83. The van der Waals surface area contributed by atoms with Gasteiger partial charge >= 0.3 is 0 Å². The number of rotatable bonds is 6. The highest BCUT2D eigenvalue weighted by molar-refractivity contribution is 4.76. The van der Waals surface area contributed by atoms with Gasteiger partial charge in [0.1, 0.15) is 0 Å². The average molecular weight is 227 g/mol. The zero-order chi connectivity index (χ0) is 12.0. The van der Waals surface area contributed by atoms with Gasteiger partial charge in [0.25, 0.3) is 0 Å². The molecule has 1 atom stereocenters. The van der Waals surface area contributed by atoms with Crippen LogP contribution in [-0.4, -0.2) is 61.2 Å². The zero-order valence-corrected chi connectivity index (χ0v) is 11.5. The highest BCUT2D eigenvalue weighted by Gasteiger charge is 2.19. The van der Waals surface area contributed by atoms with Crippen LogP contribution >= 0.6 is 0 Å². The summed E-state index contributed by atoms with van der Waals surface area (Å²) in [6.07, 6.45) is 1.27. The number of nitrogens with zero attached hydrogens (tertiary/aromatic N) is 2. The molecule has 1 rings (SSSR count). The van der Waals surface area contributed by atoms with E-state index >= 15 is 0 Å². The van der Waals surface area contributed by atoms with Crippen molar-refractivity contribution in [1.29, 1.82) is 0 Å². The number of piperazine rings is 1. The van der Waals surface area contributed by atoms with Crippen LogP contribution in [0.1, 0.15) is 34.1 Å². The van der Waals surface area contributed by atoms with E-state index < -0.39 is 0 Å². The summed E-state index contributed by atoms with van der Waals surface area (Å²) in [5, 5.41) is 3.50. The van der Waals surface area contributed by atoms with Crippen LogP contribution in [0.25, 0.3) is 0 Å². The lowest BCUT2D eigenvalue weighted by Crippen LogP contribution is -2.49. The second-order valence-corrected chi connectivity index (χ2v) is 5.22. The maximum Gasteiger partial charge on any atom is 0.0113 e. The fourth-order valence-corrected chi connectivity index (χ4v) is 2.28. The van der Waals surface area contributed by atoms with Crippen molar-refractivity contribution in [2.24, 2.45) is 0 Å². The molecule has 1 aliphatic heterocycles. The molecule has 0 aliphatic carbocycles. The topological polar surface area (TPSA) is 18.5 Å². The maximum atomic E-state index is 3.50. The molecule has 0 aromatic heterocycles. The lowest BCUT2D eigenvalue weighted by Gasteiger charge is -2.37. The Morgan fingerprint density at radius 3 is 2.19 bits per heavy atom. The van der Waals surface area contributed by atoms with Crippen LogP contribution in [0.15, 0.2) is 0 Å². The molecule has 96 valence electrons. The van der Waals surface area contributed by atoms with Gasteiger partial charge in [-0.2, -0.15) is 0 Å². The van der Waals surface area contributed by atoms with E-state index in [1.165, 1.54) is 39.1 Å². The van der Waals surface area contributed by atoms with Gasteiger partial charge in [0.05, 0.1) is 0 Å². The SMILES string of the molecule is CCN1CCN(C(C)CCNC(C)C)CC1. The van der Waals surface area contributed by atoms with Crippen LogP contribution in [0.3, 0.4) is 0 Å². The first-order chi connectivity index (χ1) is 7.63. The fraction of sp³-hybridized carbons (Fsp3) is 1.00. The standard InChI is InChI=1S/C13H29N3/c1-5-15-8-10-16(11-9-15)13(4)6-7-14-12(2)3/h12-14H,5-11H2,1-4H3. The van der Waals surface area contributed by atoms with Gasteiger partial charge in [0.15, 0.2) is 0 Å². The van der Waals surface area contributed by atoms with E-state index in [0.29, 0.717) is 6.04 Å². The molecule has 1 fully saturated rings. The molecule has 0 saturated carbocycles. The van der Waals surface area contributed by atoms with E-state index in [9.17, 15) is 0 Å². The van der Waals surface area contributed by atoms with Crippen molar-refractivity contribution in [1.82, 2.24) is 15.1 Å². The lowest BCUT2D eigenvalue weighted by molar-refractivity contribution is 0.102. The summed E-state index contributed by atoms with van der Waals surface area (Å²) < 4.78 is 0. The van der Waals surface area contributed by atoms with E-state index in [1.807, 2.05) is 0 Å². The summed E-state index contributed by atoms with van der Waals surface area (Å²) in [6.45, 7) is 16.4. The predicted molar refractivity (Wildman–Crippen MR) is 70.9 cm³/mol. The van der Waals surface area contributed by atoms with E-state index in [1.54, 1.807) is 0 Å². The Hall–Kier alpha value is -0.120. The number of likely N-dealkylation sites (N-methyl/N-ethyl adjacent to an activating group) is 1. The second kappa shape index (κ2) is 7.25. The molecule has 1 aliphatic rings. The quantitative estimate of drug-likeness (QED) is 0.740. The Morgan fingerprint density at radius 2 is 1.69 bits per heavy atom. The first kappa shape index (κ1) is 13.9. The average Bonchev–Trinajstić information content (AvgIpc) is 2.28. The highest BCUT2D eigenvalue weighted by atomic mass is 15.3. The van der Waals surface area contributed by atoms with Crippen molar-refractivity contribution in [3.8, 4) is 0 Å². The van der Waals surface area contributed by atoms with Crippen LogP contribution in [0.5, 0.6) is 0 Å². The van der Waals surface area contributed by atoms with E-state index in [2.05, 4.69) is 42.8 Å². The molecular weight excluding hydrogens is 198 g/mol. The van der Waals surface area contributed by atoms with Gasteiger partial charge in [0.2, 0.25) is 0 Å². The molecular formula is C13H29N3. The summed E-state index contributed by atoms with van der Waals surface area (Å²) in [6, 6.07) is 1.34. The molecule has 0 aromatic rings. The molecule has 1 N–H and O–H groups in total. The summed E-state index contributed by atoms with van der Waals surface area (Å²) >= 11 is 0. The van der Waals surface area contributed by atoms with Crippen molar-refractivity contribution >= 4 is 0 Å². The van der Waals surface area contributed by atoms with Crippen LogP contribution in [0.4, 0.5) is 0 Å². The largest absolute Gasteiger partial charge is 0.314 e. The van der Waals surface area contributed by atoms with E-state index in [0.717, 1.165) is 12.6 Å². The summed E-state index contributed by atoms with van der Waals surface area (Å²) in [5.41, 5.74) is 0. The molecule has 0 bridgehead atoms. The van der Waals surface area contributed by atoms with Crippen molar-refractivity contribution in [2.45, 2.75) is 46.2 Å². The van der Waals surface area contributed by atoms with Gasteiger partial charge < -0.3 is 10.2 Å². The summed E-state index contributed by atoms with van der Waals surface area (Å²) in [5.74, 6) is 0. The van der Waals surface area contributed by atoms with E-state index in [4.69, 9.17) is 0 Å². The number of hydrogen-bond acceptors (Lipinski definition) is 3. The van der Waals surface area contributed by atoms with Gasteiger partial charge in [0, 0.05) is 38.3 Å². The van der Waals surface area contributed by atoms with Gasteiger partial charge in [-0.05, 0) is 26.4 Å². The van der Waals surface area contributed by atoms with Gasteiger partial charge in [-0.1, -0.05) is 20.8 Å². The molecule has 1 unspecified atom stereocenters. The molecule has 0 aromatic carbocycles. The van der Waals surface area contributed by atoms with Crippen molar-refractivity contribution in [3.05, 3.63) is 0 Å². The van der Waals surface area contributed by atoms with E-state index in [-0.39, 0.29) is 0 Å². The zero-order valence-electron chi connectivity index (χ0n) is 11.5. The minimum Gasteiger partial charge on any atom is -0.314 e. The third-order valence-electron chi connectivity index (χ3n) is 3.59. The summed E-state index contributed by atoms with van der Waals surface area (Å²) in [7, 11) is 0. The second-order valence-electron chi connectivity index (χ2n) is 5.22. The third-order valence-corrected chi connectivity index (χ3v) is 3.59. The fourth-order valence-electron chi connectivity index (χ4n) is 2.28.